The first kappa shape index (κ1) is 25.1. The average molecular weight is 475 g/mol. The van der Waals surface area contributed by atoms with Crippen LogP contribution in [0.1, 0.15) is 30.5 Å². The Labute approximate surface area is 188 Å². The highest BCUT2D eigenvalue weighted by atomic mass is 19.4. The molecule has 0 saturated carbocycles. The highest BCUT2D eigenvalue weighted by molar-refractivity contribution is 5.74. The van der Waals surface area contributed by atoms with Gasteiger partial charge in [-0.25, -0.2) is 4.79 Å². The maximum atomic E-state index is 13.0. The number of urea groups is 1. The molecule has 1 aromatic rings. The molecule has 2 heterocycles. The Kier molecular flexibility index (Phi) is 7.45. The van der Waals surface area contributed by atoms with Crippen molar-refractivity contribution in [1.29, 1.82) is 0 Å². The van der Waals surface area contributed by atoms with E-state index in [2.05, 4.69) is 23.2 Å². The van der Waals surface area contributed by atoms with Crippen LogP contribution in [0, 0.1) is 11.8 Å². The van der Waals surface area contributed by atoms with Crippen molar-refractivity contribution in [1.82, 2.24) is 15.1 Å². The maximum Gasteiger partial charge on any atom is 0.416 e. The van der Waals surface area contributed by atoms with E-state index in [-0.39, 0.29) is 11.6 Å². The van der Waals surface area contributed by atoms with Crippen LogP contribution in [0.3, 0.4) is 0 Å². The van der Waals surface area contributed by atoms with E-state index in [1.807, 2.05) is 19.1 Å². The molecule has 0 aliphatic carbocycles. The van der Waals surface area contributed by atoms with Crippen LogP contribution in [0.5, 0.6) is 0 Å². The van der Waals surface area contributed by atoms with Crippen LogP contribution < -0.4 is 5.32 Å². The Morgan fingerprint density at radius 2 is 1.55 bits per heavy atom. The van der Waals surface area contributed by atoms with Gasteiger partial charge < -0.3 is 10.2 Å². The number of hydrogen-bond donors (Lipinski definition) is 1. The van der Waals surface area contributed by atoms with Crippen LogP contribution in [0.15, 0.2) is 42.0 Å². The molecule has 4 nitrogen and oxygen atoms in total. The standard InChI is InChI=1S/C23H27F6N3O/c1-3-4-5-15(2)10-31-11-17-13-32(14-18(17)12-31)21(33)30-9-16-6-19(22(24,25)26)8-20(7-16)23(27,28)29/h3-8,17-18H,9-14H2,1-2H3,(H,30,33). The van der Waals surface area contributed by atoms with Gasteiger partial charge in [-0.1, -0.05) is 23.8 Å². The number of nitrogens with zero attached hydrogens (tertiary/aromatic N) is 2. The van der Waals surface area contributed by atoms with Crippen LogP contribution in [0.25, 0.3) is 0 Å². The third-order valence-corrected chi connectivity index (χ3v) is 5.99. The summed E-state index contributed by atoms with van der Waals surface area (Å²) in [4.78, 5) is 16.5. The molecule has 182 valence electrons. The third-order valence-electron chi connectivity index (χ3n) is 5.99. The van der Waals surface area contributed by atoms with Gasteiger partial charge in [-0.05, 0) is 49.4 Å². The number of carbonyl (C=O) groups excluding carboxylic acids is 1. The number of alkyl halides is 6. The second-order valence-electron chi connectivity index (χ2n) is 8.73. The monoisotopic (exact) mass is 475 g/mol. The van der Waals surface area contributed by atoms with Gasteiger partial charge in [0, 0.05) is 39.3 Å². The van der Waals surface area contributed by atoms with E-state index < -0.39 is 36.1 Å². The molecule has 2 fully saturated rings. The minimum atomic E-state index is -4.92. The van der Waals surface area contributed by atoms with Crippen LogP contribution in [-0.2, 0) is 18.9 Å². The van der Waals surface area contributed by atoms with Crippen molar-refractivity contribution in [2.45, 2.75) is 32.7 Å². The molecular weight excluding hydrogens is 448 g/mol. The van der Waals surface area contributed by atoms with Crippen LogP contribution >= 0.6 is 0 Å². The summed E-state index contributed by atoms with van der Waals surface area (Å²) in [7, 11) is 0. The van der Waals surface area contributed by atoms with Crippen LogP contribution in [0.4, 0.5) is 31.1 Å². The number of benzene rings is 1. The van der Waals surface area contributed by atoms with Crippen molar-refractivity contribution >= 4 is 6.03 Å². The van der Waals surface area contributed by atoms with E-state index >= 15 is 0 Å². The summed E-state index contributed by atoms with van der Waals surface area (Å²) < 4.78 is 78.1. The molecule has 33 heavy (non-hydrogen) atoms. The fourth-order valence-corrected chi connectivity index (χ4v) is 4.46. The van der Waals surface area contributed by atoms with Gasteiger partial charge in [-0.3, -0.25) is 4.90 Å². The largest absolute Gasteiger partial charge is 0.416 e. The summed E-state index contributed by atoms with van der Waals surface area (Å²) >= 11 is 0. The van der Waals surface area contributed by atoms with Gasteiger partial charge in [-0.15, -0.1) is 0 Å². The number of hydrogen-bond acceptors (Lipinski definition) is 2. The first-order chi connectivity index (χ1) is 15.4. The van der Waals surface area contributed by atoms with Crippen LogP contribution in [0.2, 0.25) is 0 Å². The molecule has 2 amide bonds. The molecule has 10 heteroatoms. The van der Waals surface area contributed by atoms with E-state index in [4.69, 9.17) is 0 Å². The molecule has 2 atom stereocenters. The second-order valence-corrected chi connectivity index (χ2v) is 8.73. The molecule has 0 radical (unpaired) electrons. The van der Waals surface area contributed by atoms with Gasteiger partial charge in [0.2, 0.25) is 0 Å². The highest BCUT2D eigenvalue weighted by Crippen LogP contribution is 2.36. The molecule has 3 rings (SSSR count). The lowest BCUT2D eigenvalue weighted by Crippen LogP contribution is -2.40. The summed E-state index contributed by atoms with van der Waals surface area (Å²) in [6.07, 6.45) is -3.83. The van der Waals surface area contributed by atoms with Gasteiger partial charge in [0.25, 0.3) is 0 Å². The zero-order valence-corrected chi connectivity index (χ0v) is 18.4. The molecular formula is C23H27F6N3O. The minimum Gasteiger partial charge on any atom is -0.334 e. The normalized spacial score (nSPS) is 22.3. The van der Waals surface area contributed by atoms with E-state index in [0.717, 1.165) is 19.6 Å². The molecule has 2 saturated heterocycles. The zero-order valence-electron chi connectivity index (χ0n) is 18.4. The number of amides is 2. The molecule has 0 spiro atoms. The van der Waals surface area contributed by atoms with Crippen LogP contribution in [-0.4, -0.2) is 48.6 Å². The number of nitrogens with one attached hydrogen (secondary N) is 1. The van der Waals surface area contributed by atoms with E-state index in [9.17, 15) is 31.1 Å². The quantitative estimate of drug-likeness (QED) is 0.462. The molecule has 2 aliphatic rings. The number of fused-ring (bicyclic) bond motifs is 1. The van der Waals surface area contributed by atoms with Gasteiger partial charge in [0.15, 0.2) is 0 Å². The number of rotatable bonds is 5. The predicted octanol–water partition coefficient (Wildman–Crippen LogP) is 5.32. The number of carbonyl (C=O) groups is 1. The van der Waals surface area contributed by atoms with Gasteiger partial charge in [-0.2, -0.15) is 26.3 Å². The lowest BCUT2D eigenvalue weighted by atomic mass is 10.0. The Morgan fingerprint density at radius 3 is 2.03 bits per heavy atom. The summed E-state index contributed by atoms with van der Waals surface area (Å²) in [5.74, 6) is 0.603. The van der Waals surface area contributed by atoms with Crippen molar-refractivity contribution in [2.24, 2.45) is 11.8 Å². The fourth-order valence-electron chi connectivity index (χ4n) is 4.46. The summed E-state index contributed by atoms with van der Waals surface area (Å²) in [5, 5.41) is 2.48. The smallest absolute Gasteiger partial charge is 0.334 e. The predicted molar refractivity (Wildman–Crippen MR) is 112 cm³/mol. The Hall–Kier alpha value is -2.49. The zero-order chi connectivity index (χ0) is 24.4. The Morgan fingerprint density at radius 1 is 1.00 bits per heavy atom. The maximum absolute atomic E-state index is 13.0. The molecule has 0 aromatic heterocycles. The lowest BCUT2D eigenvalue weighted by molar-refractivity contribution is -0.143. The third kappa shape index (κ3) is 6.52. The Balaban J connectivity index is 1.57. The van der Waals surface area contributed by atoms with Crippen molar-refractivity contribution in [2.75, 3.05) is 32.7 Å². The van der Waals surface area contributed by atoms with E-state index in [1.54, 1.807) is 4.90 Å². The molecule has 2 unspecified atom stereocenters. The van der Waals surface area contributed by atoms with Crippen molar-refractivity contribution in [3.8, 4) is 0 Å². The molecule has 1 N–H and O–H groups in total. The number of allylic oxidation sites excluding steroid dienone is 3. The summed E-state index contributed by atoms with van der Waals surface area (Å²) in [5.41, 5.74) is -1.80. The van der Waals surface area contributed by atoms with Gasteiger partial charge in [0.05, 0.1) is 11.1 Å². The van der Waals surface area contributed by atoms with E-state index in [0.29, 0.717) is 37.1 Å². The minimum absolute atomic E-state index is 0.0776. The Bertz CT molecular complexity index is 876. The number of likely N-dealkylation sites (tertiary alicyclic amines) is 2. The topological polar surface area (TPSA) is 35.6 Å². The van der Waals surface area contributed by atoms with E-state index in [1.165, 1.54) is 5.57 Å². The first-order valence-electron chi connectivity index (χ1n) is 10.7. The highest BCUT2D eigenvalue weighted by Gasteiger charge is 2.41. The second kappa shape index (κ2) is 9.79. The molecule has 2 aliphatic heterocycles. The molecule has 1 aromatic carbocycles. The number of halogens is 6. The van der Waals surface area contributed by atoms with Gasteiger partial charge in [0.1, 0.15) is 0 Å². The first-order valence-corrected chi connectivity index (χ1v) is 10.7. The summed E-state index contributed by atoms with van der Waals surface area (Å²) in [6.45, 7) is 7.16. The SMILES string of the molecule is CC=CC=C(C)CN1CC2CN(C(=O)NCc3cc(C(F)(F)F)cc(C(F)(F)F)c3)CC2C1. The van der Waals surface area contributed by atoms with Crippen molar-refractivity contribution < 1.29 is 31.1 Å². The lowest BCUT2D eigenvalue weighted by Gasteiger charge is -2.22. The van der Waals surface area contributed by atoms with Crippen molar-refractivity contribution in [3.63, 3.8) is 0 Å². The van der Waals surface area contributed by atoms with Crippen molar-refractivity contribution in [3.05, 3.63) is 58.7 Å². The fraction of sp³-hybridized carbons (Fsp3) is 0.522. The average Bonchev–Trinajstić information content (AvgIpc) is 3.27. The summed E-state index contributed by atoms with van der Waals surface area (Å²) in [6, 6.07) is 0.866. The van der Waals surface area contributed by atoms with Gasteiger partial charge >= 0.3 is 18.4 Å². The molecule has 0 bridgehead atoms.